The summed E-state index contributed by atoms with van der Waals surface area (Å²) in [7, 11) is 0. The highest BCUT2D eigenvalue weighted by Gasteiger charge is 2.19. The van der Waals surface area contributed by atoms with E-state index >= 15 is 0 Å². The van der Waals surface area contributed by atoms with Crippen LogP contribution in [0, 0.1) is 5.92 Å². The lowest BCUT2D eigenvalue weighted by Crippen LogP contribution is -2.34. The van der Waals surface area contributed by atoms with Crippen molar-refractivity contribution in [3.63, 3.8) is 0 Å². The second kappa shape index (κ2) is 4.48. The zero-order chi connectivity index (χ0) is 12.5. The lowest BCUT2D eigenvalue weighted by atomic mass is 9.99. The van der Waals surface area contributed by atoms with Crippen LogP contribution in [0.25, 0.3) is 10.8 Å². The first-order valence-electron chi connectivity index (χ1n) is 6.64. The summed E-state index contributed by atoms with van der Waals surface area (Å²) in [5.41, 5.74) is 6.87. The molecular formula is C15H19N3. The van der Waals surface area contributed by atoms with Gasteiger partial charge >= 0.3 is 0 Å². The number of benzene rings is 1. The molecule has 0 aliphatic carbocycles. The molecule has 0 spiro atoms. The van der Waals surface area contributed by atoms with Crippen LogP contribution < -0.4 is 10.6 Å². The highest BCUT2D eigenvalue weighted by atomic mass is 15.2. The average molecular weight is 241 g/mol. The Morgan fingerprint density at radius 1 is 1.28 bits per heavy atom. The molecule has 3 rings (SSSR count). The number of hydrogen-bond acceptors (Lipinski definition) is 3. The van der Waals surface area contributed by atoms with Crippen molar-refractivity contribution in [2.24, 2.45) is 5.92 Å². The standard InChI is InChI=1S/C15H19N3/c1-11-4-3-9-18(10-11)15-13-5-2-6-14(16)12(13)7-8-17-15/h2,5-8,11H,3-4,9-10,16H2,1H3. The molecule has 0 saturated carbocycles. The van der Waals surface area contributed by atoms with Gasteiger partial charge in [0.25, 0.3) is 0 Å². The maximum absolute atomic E-state index is 6.04. The van der Waals surface area contributed by atoms with E-state index < -0.39 is 0 Å². The number of piperidine rings is 1. The van der Waals surface area contributed by atoms with E-state index in [-0.39, 0.29) is 0 Å². The lowest BCUT2D eigenvalue weighted by molar-refractivity contribution is 0.445. The fourth-order valence-electron chi connectivity index (χ4n) is 2.85. The molecule has 2 heterocycles. The quantitative estimate of drug-likeness (QED) is 0.780. The van der Waals surface area contributed by atoms with Crippen molar-refractivity contribution in [3.8, 4) is 0 Å². The molecule has 1 unspecified atom stereocenters. The van der Waals surface area contributed by atoms with Crippen LogP contribution in [0.2, 0.25) is 0 Å². The Kier molecular flexibility index (Phi) is 2.82. The summed E-state index contributed by atoms with van der Waals surface area (Å²) in [6.45, 7) is 4.51. The van der Waals surface area contributed by atoms with Crippen molar-refractivity contribution in [1.29, 1.82) is 0 Å². The molecule has 2 aromatic rings. The largest absolute Gasteiger partial charge is 0.398 e. The van der Waals surface area contributed by atoms with Crippen molar-refractivity contribution in [3.05, 3.63) is 30.5 Å². The van der Waals surface area contributed by atoms with Crippen molar-refractivity contribution < 1.29 is 0 Å². The van der Waals surface area contributed by atoms with E-state index in [1.807, 2.05) is 24.4 Å². The molecule has 3 heteroatoms. The first-order chi connectivity index (χ1) is 8.75. The Labute approximate surface area is 108 Å². The number of anilines is 2. The van der Waals surface area contributed by atoms with Crippen LogP contribution in [0.15, 0.2) is 30.5 Å². The van der Waals surface area contributed by atoms with Crippen LogP contribution in [0.3, 0.4) is 0 Å². The second-order valence-corrected chi connectivity index (χ2v) is 5.27. The Balaban J connectivity index is 2.09. The van der Waals surface area contributed by atoms with Crippen molar-refractivity contribution in [2.45, 2.75) is 19.8 Å². The van der Waals surface area contributed by atoms with Gasteiger partial charge in [0.1, 0.15) is 5.82 Å². The summed E-state index contributed by atoms with van der Waals surface area (Å²) in [6.07, 6.45) is 4.44. The Morgan fingerprint density at radius 2 is 2.17 bits per heavy atom. The molecule has 0 amide bonds. The number of hydrogen-bond donors (Lipinski definition) is 1. The molecule has 1 atom stereocenters. The zero-order valence-corrected chi connectivity index (χ0v) is 10.8. The second-order valence-electron chi connectivity index (χ2n) is 5.27. The minimum atomic E-state index is 0.747. The maximum atomic E-state index is 6.04. The summed E-state index contributed by atoms with van der Waals surface area (Å²) >= 11 is 0. The number of nitrogens with zero attached hydrogens (tertiary/aromatic N) is 2. The minimum Gasteiger partial charge on any atom is -0.398 e. The predicted octanol–water partition coefficient (Wildman–Crippen LogP) is 3.05. The van der Waals surface area contributed by atoms with Gasteiger partial charge in [0, 0.05) is 35.7 Å². The van der Waals surface area contributed by atoms with E-state index in [1.165, 1.54) is 18.2 Å². The SMILES string of the molecule is CC1CCCN(c2nccc3c(N)cccc23)C1. The van der Waals surface area contributed by atoms with Gasteiger partial charge in [-0.1, -0.05) is 19.1 Å². The number of fused-ring (bicyclic) bond motifs is 1. The highest BCUT2D eigenvalue weighted by molar-refractivity contribution is 5.99. The number of rotatable bonds is 1. The van der Waals surface area contributed by atoms with E-state index in [2.05, 4.69) is 22.9 Å². The van der Waals surface area contributed by atoms with Crippen molar-refractivity contribution in [2.75, 3.05) is 23.7 Å². The highest BCUT2D eigenvalue weighted by Crippen LogP contribution is 2.30. The van der Waals surface area contributed by atoms with Crippen LogP contribution in [-0.4, -0.2) is 18.1 Å². The normalized spacial score (nSPS) is 20.3. The fraction of sp³-hybridized carbons (Fsp3) is 0.400. The lowest BCUT2D eigenvalue weighted by Gasteiger charge is -2.32. The van der Waals surface area contributed by atoms with Gasteiger partial charge in [-0.05, 0) is 30.9 Å². The van der Waals surface area contributed by atoms with Gasteiger partial charge < -0.3 is 10.6 Å². The van der Waals surface area contributed by atoms with E-state index in [1.54, 1.807) is 0 Å². The zero-order valence-electron chi connectivity index (χ0n) is 10.8. The molecule has 0 radical (unpaired) electrons. The summed E-state index contributed by atoms with van der Waals surface area (Å²) < 4.78 is 0. The molecule has 3 nitrogen and oxygen atoms in total. The molecule has 1 aliphatic rings. The number of pyridine rings is 1. The number of nitrogen functional groups attached to an aromatic ring is 1. The van der Waals surface area contributed by atoms with Crippen molar-refractivity contribution >= 4 is 22.3 Å². The fourth-order valence-corrected chi connectivity index (χ4v) is 2.85. The van der Waals surface area contributed by atoms with Crippen LogP contribution in [-0.2, 0) is 0 Å². The van der Waals surface area contributed by atoms with Crippen LogP contribution >= 0.6 is 0 Å². The predicted molar refractivity (Wildman–Crippen MR) is 76.8 cm³/mol. The Bertz CT molecular complexity index is 565. The summed E-state index contributed by atoms with van der Waals surface area (Å²) in [5.74, 6) is 1.84. The molecule has 18 heavy (non-hydrogen) atoms. The first-order valence-corrected chi connectivity index (χ1v) is 6.64. The van der Waals surface area contributed by atoms with Gasteiger partial charge in [-0.15, -0.1) is 0 Å². The molecule has 1 saturated heterocycles. The van der Waals surface area contributed by atoms with Crippen molar-refractivity contribution in [1.82, 2.24) is 4.98 Å². The minimum absolute atomic E-state index is 0.747. The summed E-state index contributed by atoms with van der Waals surface area (Å²) in [4.78, 5) is 6.98. The maximum Gasteiger partial charge on any atom is 0.136 e. The van der Waals surface area contributed by atoms with Crippen LogP contribution in [0.5, 0.6) is 0 Å². The third kappa shape index (κ3) is 1.90. The van der Waals surface area contributed by atoms with Gasteiger partial charge in [-0.3, -0.25) is 0 Å². The van der Waals surface area contributed by atoms with Gasteiger partial charge in [-0.2, -0.15) is 0 Å². The molecule has 1 aromatic heterocycles. The van der Waals surface area contributed by atoms with Gasteiger partial charge in [0.2, 0.25) is 0 Å². The first kappa shape index (κ1) is 11.3. The summed E-state index contributed by atoms with van der Waals surface area (Å²) in [6, 6.07) is 8.08. The van der Waals surface area contributed by atoms with E-state index in [0.717, 1.165) is 35.9 Å². The third-order valence-electron chi connectivity index (χ3n) is 3.78. The molecule has 2 N–H and O–H groups in total. The molecule has 1 aliphatic heterocycles. The van der Waals surface area contributed by atoms with Crippen LogP contribution in [0.1, 0.15) is 19.8 Å². The summed E-state index contributed by atoms with van der Waals surface area (Å²) in [5, 5.41) is 2.28. The third-order valence-corrected chi connectivity index (χ3v) is 3.78. The van der Waals surface area contributed by atoms with Gasteiger partial charge in [0.15, 0.2) is 0 Å². The van der Waals surface area contributed by atoms with E-state index in [4.69, 9.17) is 5.73 Å². The Hall–Kier alpha value is -1.77. The molecule has 0 bridgehead atoms. The molecule has 94 valence electrons. The average Bonchev–Trinajstić information content (AvgIpc) is 2.39. The van der Waals surface area contributed by atoms with Gasteiger partial charge in [0.05, 0.1) is 0 Å². The number of nitrogens with two attached hydrogens (primary N) is 1. The van der Waals surface area contributed by atoms with E-state index in [0.29, 0.717) is 0 Å². The van der Waals surface area contributed by atoms with Gasteiger partial charge in [-0.25, -0.2) is 4.98 Å². The topological polar surface area (TPSA) is 42.2 Å². The molecule has 1 fully saturated rings. The Morgan fingerprint density at radius 3 is 3.00 bits per heavy atom. The number of aromatic nitrogens is 1. The molecule has 1 aromatic carbocycles. The monoisotopic (exact) mass is 241 g/mol. The van der Waals surface area contributed by atoms with Crippen LogP contribution in [0.4, 0.5) is 11.5 Å². The van der Waals surface area contributed by atoms with E-state index in [9.17, 15) is 0 Å². The smallest absolute Gasteiger partial charge is 0.136 e. The molecular weight excluding hydrogens is 222 g/mol.